The highest BCUT2D eigenvalue weighted by atomic mass is 15.2. The Morgan fingerprint density at radius 3 is 2.20 bits per heavy atom. The maximum absolute atomic E-state index is 3.75. The first-order valence-electron chi connectivity index (χ1n) is 8.87. The smallest absolute Gasteiger partial charge is 0.0244 e. The van der Waals surface area contributed by atoms with Crippen molar-refractivity contribution in [1.82, 2.24) is 10.2 Å². The third-order valence-electron chi connectivity index (χ3n) is 5.78. The first-order chi connectivity index (χ1) is 9.40. The van der Waals surface area contributed by atoms with Gasteiger partial charge in [0, 0.05) is 31.7 Å². The summed E-state index contributed by atoms with van der Waals surface area (Å²) in [7, 11) is 0. The van der Waals surface area contributed by atoms with Crippen LogP contribution >= 0.6 is 0 Å². The van der Waals surface area contributed by atoms with Crippen LogP contribution in [0.25, 0.3) is 0 Å². The lowest BCUT2D eigenvalue weighted by Gasteiger charge is -2.45. The zero-order chi connectivity index (χ0) is 14.8. The average molecular weight is 281 g/mol. The van der Waals surface area contributed by atoms with E-state index in [1.54, 1.807) is 0 Å². The van der Waals surface area contributed by atoms with Gasteiger partial charge in [-0.25, -0.2) is 0 Å². The molecule has 20 heavy (non-hydrogen) atoms. The van der Waals surface area contributed by atoms with Gasteiger partial charge in [-0.15, -0.1) is 0 Å². The molecule has 1 heterocycles. The molecule has 2 nitrogen and oxygen atoms in total. The summed E-state index contributed by atoms with van der Waals surface area (Å²) < 4.78 is 0. The van der Waals surface area contributed by atoms with Gasteiger partial charge in [0.25, 0.3) is 0 Å². The number of nitrogens with one attached hydrogen (secondary N) is 1. The summed E-state index contributed by atoms with van der Waals surface area (Å²) in [6.45, 7) is 15.6. The van der Waals surface area contributed by atoms with Crippen LogP contribution in [-0.2, 0) is 0 Å². The van der Waals surface area contributed by atoms with Gasteiger partial charge >= 0.3 is 0 Å². The van der Waals surface area contributed by atoms with Gasteiger partial charge in [-0.1, -0.05) is 47.0 Å². The normalized spacial score (nSPS) is 37.0. The van der Waals surface area contributed by atoms with Crippen molar-refractivity contribution >= 4 is 0 Å². The summed E-state index contributed by atoms with van der Waals surface area (Å²) in [6.07, 6.45) is 7.28. The van der Waals surface area contributed by atoms with E-state index in [-0.39, 0.29) is 0 Å². The molecule has 0 amide bonds. The van der Waals surface area contributed by atoms with E-state index >= 15 is 0 Å². The Morgan fingerprint density at radius 2 is 1.65 bits per heavy atom. The minimum absolute atomic E-state index is 0.373. The fourth-order valence-electron chi connectivity index (χ4n) is 3.91. The summed E-state index contributed by atoms with van der Waals surface area (Å²) in [5.41, 5.74) is 0.373. The summed E-state index contributed by atoms with van der Waals surface area (Å²) >= 11 is 0. The van der Waals surface area contributed by atoms with Crippen LogP contribution in [0.4, 0.5) is 0 Å². The molecule has 1 aliphatic carbocycles. The van der Waals surface area contributed by atoms with E-state index in [0.29, 0.717) is 17.5 Å². The van der Waals surface area contributed by atoms with Gasteiger partial charge in [-0.05, 0) is 37.0 Å². The molecule has 2 aliphatic rings. The van der Waals surface area contributed by atoms with Crippen molar-refractivity contribution in [2.45, 2.75) is 78.8 Å². The molecule has 0 aromatic carbocycles. The number of hydrogen-bond donors (Lipinski definition) is 1. The highest BCUT2D eigenvalue weighted by molar-refractivity contribution is 4.91. The fourth-order valence-corrected chi connectivity index (χ4v) is 3.91. The molecule has 1 saturated heterocycles. The molecule has 118 valence electrons. The molecule has 0 aromatic rings. The van der Waals surface area contributed by atoms with Gasteiger partial charge in [-0.2, -0.15) is 0 Å². The lowest BCUT2D eigenvalue weighted by Crippen LogP contribution is -2.60. The van der Waals surface area contributed by atoms with E-state index < -0.39 is 0 Å². The van der Waals surface area contributed by atoms with E-state index in [1.807, 2.05) is 0 Å². The SMILES string of the molecule is CCC1CCC(CN2CC(C(C)(C)C)NCC2C)CC1. The Bertz CT molecular complexity index is 286. The topological polar surface area (TPSA) is 15.3 Å². The standard InChI is InChI=1S/C18H36N2/c1-6-15-7-9-16(10-8-15)12-20-13-17(18(3,4)5)19-11-14(20)2/h14-17,19H,6-13H2,1-5H3. The van der Waals surface area contributed by atoms with Gasteiger partial charge in [-0.3, -0.25) is 4.90 Å². The first kappa shape index (κ1) is 16.3. The number of hydrogen-bond acceptors (Lipinski definition) is 2. The summed E-state index contributed by atoms with van der Waals surface area (Å²) in [4.78, 5) is 2.77. The van der Waals surface area contributed by atoms with Crippen molar-refractivity contribution in [3.63, 3.8) is 0 Å². The fraction of sp³-hybridized carbons (Fsp3) is 1.00. The predicted molar refractivity (Wildman–Crippen MR) is 88.0 cm³/mol. The number of nitrogens with zero attached hydrogens (tertiary/aromatic N) is 1. The molecule has 0 spiro atoms. The Morgan fingerprint density at radius 1 is 1.05 bits per heavy atom. The van der Waals surface area contributed by atoms with Crippen molar-refractivity contribution in [2.75, 3.05) is 19.6 Å². The van der Waals surface area contributed by atoms with Gasteiger partial charge in [0.05, 0.1) is 0 Å². The van der Waals surface area contributed by atoms with E-state index in [1.165, 1.54) is 45.2 Å². The molecule has 1 saturated carbocycles. The summed E-state index contributed by atoms with van der Waals surface area (Å²) in [6, 6.07) is 1.35. The molecule has 2 unspecified atom stereocenters. The van der Waals surface area contributed by atoms with Crippen LogP contribution in [0.5, 0.6) is 0 Å². The van der Waals surface area contributed by atoms with Crippen molar-refractivity contribution in [3.8, 4) is 0 Å². The Kier molecular flexibility index (Phi) is 5.53. The van der Waals surface area contributed by atoms with E-state index in [2.05, 4.69) is 44.8 Å². The third-order valence-corrected chi connectivity index (χ3v) is 5.78. The van der Waals surface area contributed by atoms with Gasteiger partial charge < -0.3 is 5.32 Å². The Balaban J connectivity index is 1.84. The van der Waals surface area contributed by atoms with Crippen molar-refractivity contribution in [2.24, 2.45) is 17.3 Å². The molecule has 0 aromatic heterocycles. The van der Waals surface area contributed by atoms with Crippen LogP contribution < -0.4 is 5.32 Å². The van der Waals surface area contributed by atoms with Crippen molar-refractivity contribution in [1.29, 1.82) is 0 Å². The second-order valence-corrected chi connectivity index (χ2v) is 8.42. The quantitative estimate of drug-likeness (QED) is 0.843. The summed E-state index contributed by atoms with van der Waals surface area (Å²) in [5.74, 6) is 1.98. The second-order valence-electron chi connectivity index (χ2n) is 8.42. The molecule has 2 rings (SSSR count). The Labute approximate surface area is 126 Å². The van der Waals surface area contributed by atoms with Crippen LogP contribution in [0.2, 0.25) is 0 Å². The van der Waals surface area contributed by atoms with Crippen molar-refractivity contribution < 1.29 is 0 Å². The van der Waals surface area contributed by atoms with Crippen molar-refractivity contribution in [3.05, 3.63) is 0 Å². The highest BCUT2D eigenvalue weighted by Crippen LogP contribution is 2.32. The zero-order valence-electron chi connectivity index (χ0n) is 14.4. The first-order valence-corrected chi connectivity index (χ1v) is 8.87. The molecule has 2 heteroatoms. The lowest BCUT2D eigenvalue weighted by molar-refractivity contribution is 0.0695. The van der Waals surface area contributed by atoms with E-state index in [0.717, 1.165) is 18.4 Å². The van der Waals surface area contributed by atoms with Gasteiger partial charge in [0.1, 0.15) is 0 Å². The molecule has 2 atom stereocenters. The van der Waals surface area contributed by atoms with Crippen LogP contribution in [0, 0.1) is 17.3 Å². The molecular weight excluding hydrogens is 244 g/mol. The largest absolute Gasteiger partial charge is 0.311 e. The minimum Gasteiger partial charge on any atom is -0.311 e. The lowest BCUT2D eigenvalue weighted by atomic mass is 9.80. The maximum atomic E-state index is 3.75. The number of piperazine rings is 1. The average Bonchev–Trinajstić information content (AvgIpc) is 2.41. The molecule has 0 radical (unpaired) electrons. The molecule has 1 N–H and O–H groups in total. The van der Waals surface area contributed by atoms with E-state index in [4.69, 9.17) is 0 Å². The molecule has 2 fully saturated rings. The predicted octanol–water partition coefficient (Wildman–Crippen LogP) is 3.91. The number of rotatable bonds is 3. The highest BCUT2D eigenvalue weighted by Gasteiger charge is 2.33. The van der Waals surface area contributed by atoms with Crippen LogP contribution in [0.1, 0.15) is 66.7 Å². The van der Waals surface area contributed by atoms with Gasteiger partial charge in [0.15, 0.2) is 0 Å². The minimum atomic E-state index is 0.373. The molecule has 0 bridgehead atoms. The third kappa shape index (κ3) is 4.21. The molecular formula is C18H36N2. The van der Waals surface area contributed by atoms with E-state index in [9.17, 15) is 0 Å². The Hall–Kier alpha value is -0.0800. The van der Waals surface area contributed by atoms with Crippen LogP contribution in [0.3, 0.4) is 0 Å². The second kappa shape index (κ2) is 6.79. The molecule has 1 aliphatic heterocycles. The monoisotopic (exact) mass is 280 g/mol. The van der Waals surface area contributed by atoms with Crippen LogP contribution in [0.15, 0.2) is 0 Å². The van der Waals surface area contributed by atoms with Gasteiger partial charge in [0.2, 0.25) is 0 Å². The zero-order valence-corrected chi connectivity index (χ0v) is 14.4. The summed E-state index contributed by atoms with van der Waals surface area (Å²) in [5, 5.41) is 3.75. The van der Waals surface area contributed by atoms with Crippen LogP contribution in [-0.4, -0.2) is 36.6 Å². The maximum Gasteiger partial charge on any atom is 0.0244 e.